The second-order valence-electron chi connectivity index (χ2n) is 5.71. The number of amides is 1. The average molecular weight is 347 g/mol. The number of nitrogens with one attached hydrogen (secondary N) is 1. The Morgan fingerprint density at radius 1 is 1.44 bits per heavy atom. The summed E-state index contributed by atoms with van der Waals surface area (Å²) in [6.45, 7) is 2.54. The maximum absolute atomic E-state index is 13.5. The van der Waals surface area contributed by atoms with Crippen molar-refractivity contribution in [3.8, 4) is 5.75 Å². The number of nitrogens with zero attached hydrogens (tertiary/aromatic N) is 2. The fraction of sp³-hybridized carbons (Fsp3) is 0.353. The summed E-state index contributed by atoms with van der Waals surface area (Å²) in [7, 11) is 1.43. The summed E-state index contributed by atoms with van der Waals surface area (Å²) in [6.07, 6.45) is -0.516. The molecular weight excluding hydrogens is 329 g/mol. The molecule has 0 unspecified atom stereocenters. The molecule has 1 N–H and O–H groups in total. The van der Waals surface area contributed by atoms with E-state index in [-0.39, 0.29) is 23.6 Å². The largest absolute Gasteiger partial charge is 0.496 e. The molecule has 1 aliphatic heterocycles. The van der Waals surface area contributed by atoms with Crippen LogP contribution in [0.25, 0.3) is 0 Å². The molecule has 0 radical (unpaired) electrons. The van der Waals surface area contributed by atoms with Gasteiger partial charge >= 0.3 is 0 Å². The number of hydrogen-bond donors (Lipinski definition) is 1. The van der Waals surface area contributed by atoms with Gasteiger partial charge in [0.1, 0.15) is 23.5 Å². The second-order valence-corrected chi connectivity index (χ2v) is 5.71. The van der Waals surface area contributed by atoms with Gasteiger partial charge in [0.25, 0.3) is 11.5 Å². The molecule has 8 heteroatoms. The number of carbonyl (C=O) groups is 1. The van der Waals surface area contributed by atoms with Crippen LogP contribution in [-0.4, -0.2) is 47.6 Å². The highest BCUT2D eigenvalue weighted by atomic mass is 19.1. The lowest BCUT2D eigenvalue weighted by atomic mass is 10.1. The van der Waals surface area contributed by atoms with Gasteiger partial charge < -0.3 is 19.4 Å². The van der Waals surface area contributed by atoms with Gasteiger partial charge in [-0.3, -0.25) is 9.59 Å². The lowest BCUT2D eigenvalue weighted by Gasteiger charge is -2.33. The smallest absolute Gasteiger partial charge is 0.257 e. The lowest BCUT2D eigenvalue weighted by Crippen LogP contribution is -2.42. The van der Waals surface area contributed by atoms with E-state index in [0.29, 0.717) is 30.4 Å². The molecule has 0 spiro atoms. The minimum absolute atomic E-state index is 0.151. The number of benzene rings is 1. The Bertz CT molecular complexity index is 852. The van der Waals surface area contributed by atoms with E-state index in [0.717, 1.165) is 6.07 Å². The Kier molecular flexibility index (Phi) is 4.80. The van der Waals surface area contributed by atoms with Crippen molar-refractivity contribution in [1.29, 1.82) is 0 Å². The van der Waals surface area contributed by atoms with E-state index >= 15 is 0 Å². The third-order valence-corrected chi connectivity index (χ3v) is 3.96. The van der Waals surface area contributed by atoms with Crippen LogP contribution in [0.1, 0.15) is 28.0 Å². The molecule has 1 aromatic carbocycles. The molecule has 0 aliphatic carbocycles. The number of halogens is 1. The molecule has 0 bridgehead atoms. The summed E-state index contributed by atoms with van der Waals surface area (Å²) in [6, 6.07) is 5.17. The van der Waals surface area contributed by atoms with Crippen molar-refractivity contribution < 1.29 is 18.7 Å². The zero-order valence-electron chi connectivity index (χ0n) is 13.9. The standard InChI is InChI=1S/C17H18FN3O4/c1-10-19-13(8-16(22)20-10)15-9-21(5-6-25-15)17(23)12-7-11(18)3-4-14(12)24-2/h3-4,7-8,15H,5-6,9H2,1-2H3,(H,19,20,22)/t15-/m1/s1. The van der Waals surface area contributed by atoms with Crippen molar-refractivity contribution >= 4 is 5.91 Å². The van der Waals surface area contributed by atoms with Gasteiger partial charge in [0.2, 0.25) is 0 Å². The molecule has 1 aromatic heterocycles. The molecular formula is C17H18FN3O4. The van der Waals surface area contributed by atoms with Crippen LogP contribution in [0.15, 0.2) is 29.1 Å². The number of H-pyrrole nitrogens is 1. The summed E-state index contributed by atoms with van der Waals surface area (Å²) in [5.74, 6) is -0.0898. The van der Waals surface area contributed by atoms with E-state index in [1.807, 2.05) is 0 Å². The zero-order chi connectivity index (χ0) is 18.0. The minimum Gasteiger partial charge on any atom is -0.496 e. The fourth-order valence-corrected chi connectivity index (χ4v) is 2.80. The van der Waals surface area contributed by atoms with Crippen LogP contribution in [-0.2, 0) is 4.74 Å². The number of methoxy groups -OCH3 is 1. The third-order valence-electron chi connectivity index (χ3n) is 3.96. The van der Waals surface area contributed by atoms with Gasteiger partial charge in [0.05, 0.1) is 31.5 Å². The first-order valence-corrected chi connectivity index (χ1v) is 7.80. The molecule has 132 valence electrons. The van der Waals surface area contributed by atoms with Gasteiger partial charge in [0.15, 0.2) is 0 Å². The quantitative estimate of drug-likeness (QED) is 0.908. The third kappa shape index (κ3) is 3.69. The van der Waals surface area contributed by atoms with Crippen molar-refractivity contribution in [2.45, 2.75) is 13.0 Å². The molecule has 1 atom stereocenters. The normalized spacial score (nSPS) is 17.4. The summed E-state index contributed by atoms with van der Waals surface area (Å²) in [4.78, 5) is 32.8. The van der Waals surface area contributed by atoms with Crippen molar-refractivity contribution in [3.63, 3.8) is 0 Å². The number of aryl methyl sites for hydroxylation is 1. The van der Waals surface area contributed by atoms with E-state index in [2.05, 4.69) is 9.97 Å². The van der Waals surface area contributed by atoms with Gasteiger partial charge in [0, 0.05) is 12.6 Å². The Labute approximate surface area is 143 Å². The van der Waals surface area contributed by atoms with Crippen molar-refractivity contribution in [2.24, 2.45) is 0 Å². The second kappa shape index (κ2) is 7.02. The van der Waals surface area contributed by atoms with Gasteiger partial charge in [-0.1, -0.05) is 0 Å². The van der Waals surface area contributed by atoms with Crippen LogP contribution < -0.4 is 10.3 Å². The van der Waals surface area contributed by atoms with Crippen LogP contribution in [0.4, 0.5) is 4.39 Å². The molecule has 2 heterocycles. The highest BCUT2D eigenvalue weighted by Gasteiger charge is 2.29. The van der Waals surface area contributed by atoms with Crippen molar-refractivity contribution in [2.75, 3.05) is 26.8 Å². The summed E-state index contributed by atoms with van der Waals surface area (Å²) < 4.78 is 24.4. The van der Waals surface area contributed by atoms with Crippen LogP contribution in [0.5, 0.6) is 5.75 Å². The van der Waals surface area contributed by atoms with Crippen molar-refractivity contribution in [3.05, 3.63) is 57.5 Å². The monoisotopic (exact) mass is 347 g/mol. The first kappa shape index (κ1) is 17.1. The molecule has 1 amide bonds. The van der Waals surface area contributed by atoms with E-state index in [9.17, 15) is 14.0 Å². The molecule has 1 saturated heterocycles. The minimum atomic E-state index is -0.516. The average Bonchev–Trinajstić information content (AvgIpc) is 2.60. The van der Waals surface area contributed by atoms with Gasteiger partial charge in [-0.25, -0.2) is 9.37 Å². The molecule has 0 saturated carbocycles. The Balaban J connectivity index is 1.85. The van der Waals surface area contributed by atoms with E-state index in [1.54, 1.807) is 11.8 Å². The molecule has 3 rings (SSSR count). The fourth-order valence-electron chi connectivity index (χ4n) is 2.80. The van der Waals surface area contributed by atoms with Crippen LogP contribution in [0.2, 0.25) is 0 Å². The Morgan fingerprint density at radius 3 is 2.96 bits per heavy atom. The highest BCUT2D eigenvalue weighted by molar-refractivity contribution is 5.97. The number of morpholine rings is 1. The Hall–Kier alpha value is -2.74. The first-order chi connectivity index (χ1) is 12.0. The van der Waals surface area contributed by atoms with Crippen LogP contribution >= 0.6 is 0 Å². The number of ether oxygens (including phenoxy) is 2. The number of aromatic nitrogens is 2. The van der Waals surface area contributed by atoms with E-state index in [4.69, 9.17) is 9.47 Å². The maximum Gasteiger partial charge on any atom is 0.257 e. The Morgan fingerprint density at radius 2 is 2.24 bits per heavy atom. The summed E-state index contributed by atoms with van der Waals surface area (Å²) in [5, 5.41) is 0. The topological polar surface area (TPSA) is 84.5 Å². The summed E-state index contributed by atoms with van der Waals surface area (Å²) in [5.41, 5.74) is 0.338. The molecule has 2 aromatic rings. The number of carbonyl (C=O) groups excluding carboxylic acids is 1. The van der Waals surface area contributed by atoms with Gasteiger partial charge in [-0.2, -0.15) is 0 Å². The number of hydrogen-bond acceptors (Lipinski definition) is 5. The molecule has 25 heavy (non-hydrogen) atoms. The van der Waals surface area contributed by atoms with Crippen molar-refractivity contribution in [1.82, 2.24) is 14.9 Å². The number of rotatable bonds is 3. The lowest BCUT2D eigenvalue weighted by molar-refractivity contribution is -0.0249. The van der Waals surface area contributed by atoms with Gasteiger partial charge in [-0.15, -0.1) is 0 Å². The summed E-state index contributed by atoms with van der Waals surface area (Å²) >= 11 is 0. The van der Waals surface area contributed by atoms with Crippen LogP contribution in [0.3, 0.4) is 0 Å². The van der Waals surface area contributed by atoms with Gasteiger partial charge in [-0.05, 0) is 25.1 Å². The molecule has 7 nitrogen and oxygen atoms in total. The van der Waals surface area contributed by atoms with E-state index < -0.39 is 11.9 Å². The number of aromatic amines is 1. The SMILES string of the molecule is COc1ccc(F)cc1C(=O)N1CCO[C@@H](c2cc(=O)[nH]c(C)n2)C1. The molecule has 1 fully saturated rings. The predicted molar refractivity (Wildman–Crippen MR) is 87.1 cm³/mol. The predicted octanol–water partition coefficient (Wildman–Crippen LogP) is 1.44. The first-order valence-electron chi connectivity index (χ1n) is 7.80. The van der Waals surface area contributed by atoms with E-state index in [1.165, 1.54) is 25.3 Å². The van der Waals surface area contributed by atoms with Crippen LogP contribution in [0, 0.1) is 12.7 Å². The molecule has 1 aliphatic rings. The maximum atomic E-state index is 13.5. The zero-order valence-corrected chi connectivity index (χ0v) is 13.9. The highest BCUT2D eigenvalue weighted by Crippen LogP contribution is 2.25.